The molecule has 29 heavy (non-hydrogen) atoms. The molecule has 2 atom stereocenters. The Balaban J connectivity index is 1.46. The van der Waals surface area contributed by atoms with Crippen molar-refractivity contribution in [1.29, 1.82) is 0 Å². The Morgan fingerprint density at radius 3 is 2.72 bits per heavy atom. The van der Waals surface area contributed by atoms with E-state index >= 15 is 0 Å². The van der Waals surface area contributed by atoms with Crippen LogP contribution in [0.3, 0.4) is 0 Å². The number of hydrogen-bond donors (Lipinski definition) is 1. The Hall–Kier alpha value is -2.22. The van der Waals surface area contributed by atoms with E-state index < -0.39 is 0 Å². The summed E-state index contributed by atoms with van der Waals surface area (Å²) in [4.78, 5) is 16.5. The zero-order valence-corrected chi connectivity index (χ0v) is 17.9. The molecule has 1 aromatic heterocycles. The van der Waals surface area contributed by atoms with Gasteiger partial charge in [-0.3, -0.25) is 4.79 Å². The molecule has 0 spiro atoms. The number of thioether (sulfide) groups is 1. The van der Waals surface area contributed by atoms with Gasteiger partial charge < -0.3 is 19.3 Å². The van der Waals surface area contributed by atoms with Gasteiger partial charge in [0.25, 0.3) is 0 Å². The van der Waals surface area contributed by atoms with Crippen LogP contribution in [0.5, 0.6) is 11.5 Å². The first-order valence-electron chi connectivity index (χ1n) is 10.2. The van der Waals surface area contributed by atoms with Crippen LogP contribution in [-0.4, -0.2) is 40.6 Å². The van der Waals surface area contributed by atoms with E-state index in [0.717, 1.165) is 43.6 Å². The van der Waals surface area contributed by atoms with E-state index in [2.05, 4.69) is 22.4 Å². The van der Waals surface area contributed by atoms with Gasteiger partial charge in [-0.15, -0.1) is 11.8 Å². The average molecular weight is 420 g/mol. The molecule has 1 aliphatic rings. The summed E-state index contributed by atoms with van der Waals surface area (Å²) in [6.07, 6.45) is 5.05. The van der Waals surface area contributed by atoms with E-state index in [1.165, 1.54) is 11.8 Å². The molecule has 2 aromatic rings. The molecule has 1 fully saturated rings. The number of carbonyl (C=O) groups is 1. The largest absolute Gasteiger partial charge is 0.494 e. The van der Waals surface area contributed by atoms with Gasteiger partial charge >= 0.3 is 0 Å². The molecule has 1 aromatic carbocycles. The number of hydrogen-bond acceptors (Lipinski definition) is 7. The average Bonchev–Trinajstić information content (AvgIpc) is 3.14. The van der Waals surface area contributed by atoms with Crippen LogP contribution < -0.4 is 14.8 Å². The molecule has 1 saturated carbocycles. The lowest BCUT2D eigenvalue weighted by atomic mass is 9.92. The highest BCUT2D eigenvalue weighted by molar-refractivity contribution is 7.99. The number of aromatic nitrogens is 2. The van der Waals surface area contributed by atoms with Crippen molar-refractivity contribution in [3.63, 3.8) is 0 Å². The van der Waals surface area contributed by atoms with Crippen molar-refractivity contribution in [2.45, 2.75) is 63.9 Å². The van der Waals surface area contributed by atoms with Gasteiger partial charge in [0, 0.05) is 6.92 Å². The minimum atomic E-state index is -0.0139. The second-order valence-corrected chi connectivity index (χ2v) is 8.14. The maximum absolute atomic E-state index is 12.4. The Bertz CT molecular complexity index is 766. The van der Waals surface area contributed by atoms with Crippen molar-refractivity contribution in [3.8, 4) is 11.5 Å². The Morgan fingerprint density at radius 2 is 2.00 bits per heavy atom. The highest BCUT2D eigenvalue weighted by Gasteiger charge is 2.28. The fourth-order valence-electron chi connectivity index (χ4n) is 3.30. The first kappa shape index (κ1) is 21.5. The maximum atomic E-state index is 12.4. The molecular formula is C21H29N3O4S. The van der Waals surface area contributed by atoms with Gasteiger partial charge in [-0.25, -0.2) is 0 Å². The molecule has 1 heterocycles. The lowest BCUT2D eigenvalue weighted by Gasteiger charge is -2.32. The number of carbonyl (C=O) groups excluding carboxylic acids is 1. The number of ether oxygens (including phenoxy) is 2. The molecular weight excluding hydrogens is 390 g/mol. The number of aryl methyl sites for hydroxylation is 1. The van der Waals surface area contributed by atoms with E-state index in [0.29, 0.717) is 29.8 Å². The van der Waals surface area contributed by atoms with Crippen molar-refractivity contribution in [2.75, 3.05) is 12.4 Å². The lowest BCUT2D eigenvalue weighted by molar-refractivity contribution is -0.120. The number of rotatable bonds is 10. The number of benzene rings is 1. The van der Waals surface area contributed by atoms with Gasteiger partial charge in [-0.1, -0.05) is 18.5 Å². The topological polar surface area (TPSA) is 86.5 Å². The van der Waals surface area contributed by atoms with Crippen LogP contribution in [0.2, 0.25) is 0 Å². The smallest absolute Gasteiger partial charge is 0.230 e. The monoisotopic (exact) mass is 419 g/mol. The summed E-state index contributed by atoms with van der Waals surface area (Å²) in [5.74, 6) is 3.74. The summed E-state index contributed by atoms with van der Waals surface area (Å²) in [5, 5.41) is 6.99. The van der Waals surface area contributed by atoms with Crippen LogP contribution in [0, 0.1) is 6.92 Å². The van der Waals surface area contributed by atoms with Crippen molar-refractivity contribution in [3.05, 3.63) is 36.0 Å². The summed E-state index contributed by atoms with van der Waals surface area (Å²) >= 11 is 1.48. The second-order valence-electron chi connectivity index (χ2n) is 7.16. The van der Waals surface area contributed by atoms with E-state index in [4.69, 9.17) is 14.0 Å². The zero-order chi connectivity index (χ0) is 20.5. The standard InChI is InChI=1S/C21H29N3O4S/c1-3-12-26-16-8-10-17(11-9-16)27-19-7-5-4-6-18(19)23-21(25)14-29-13-20-22-15(2)28-24-20/h8-11,18-19H,3-7,12-14H2,1-2H3,(H,23,25)/t18-,19+/m0/s1. The molecule has 3 rings (SSSR count). The molecule has 1 amide bonds. The summed E-state index contributed by atoms with van der Waals surface area (Å²) in [6, 6.07) is 7.75. The molecule has 0 saturated heterocycles. The minimum Gasteiger partial charge on any atom is -0.494 e. The summed E-state index contributed by atoms with van der Waals surface area (Å²) in [5.41, 5.74) is 0. The molecule has 0 aliphatic heterocycles. The van der Waals surface area contributed by atoms with Crippen LogP contribution in [0.25, 0.3) is 0 Å². The molecule has 158 valence electrons. The molecule has 1 aliphatic carbocycles. The Kier molecular flexibility index (Phi) is 8.22. The fraction of sp³-hybridized carbons (Fsp3) is 0.571. The molecule has 0 radical (unpaired) electrons. The predicted molar refractivity (Wildman–Crippen MR) is 112 cm³/mol. The second kappa shape index (κ2) is 11.1. The highest BCUT2D eigenvalue weighted by Crippen LogP contribution is 2.26. The van der Waals surface area contributed by atoms with E-state index in [1.54, 1.807) is 6.92 Å². The number of amides is 1. The quantitative estimate of drug-likeness (QED) is 0.625. The minimum absolute atomic E-state index is 0.0130. The molecule has 8 heteroatoms. The first-order chi connectivity index (χ1) is 14.1. The number of nitrogens with one attached hydrogen (secondary N) is 1. The van der Waals surface area contributed by atoms with Crippen LogP contribution >= 0.6 is 11.8 Å². The third kappa shape index (κ3) is 6.96. The summed E-state index contributed by atoms with van der Waals surface area (Å²) in [6.45, 7) is 4.55. The van der Waals surface area contributed by atoms with E-state index in [-0.39, 0.29) is 18.1 Å². The van der Waals surface area contributed by atoms with Gasteiger partial charge in [-0.05, 0) is 49.9 Å². The molecule has 0 bridgehead atoms. The van der Waals surface area contributed by atoms with Crippen molar-refractivity contribution < 1.29 is 18.8 Å². The van der Waals surface area contributed by atoms with Crippen molar-refractivity contribution in [1.82, 2.24) is 15.5 Å². The highest BCUT2D eigenvalue weighted by atomic mass is 32.2. The molecule has 7 nitrogen and oxygen atoms in total. The zero-order valence-electron chi connectivity index (χ0n) is 17.1. The van der Waals surface area contributed by atoms with E-state index in [1.807, 2.05) is 24.3 Å². The van der Waals surface area contributed by atoms with Crippen LogP contribution in [0.1, 0.15) is 50.7 Å². The van der Waals surface area contributed by atoms with Gasteiger partial charge in [0.2, 0.25) is 11.8 Å². The van der Waals surface area contributed by atoms with Crippen LogP contribution in [0.15, 0.2) is 28.8 Å². The van der Waals surface area contributed by atoms with Crippen molar-refractivity contribution >= 4 is 17.7 Å². The van der Waals surface area contributed by atoms with Gasteiger partial charge in [-0.2, -0.15) is 4.98 Å². The van der Waals surface area contributed by atoms with Crippen molar-refractivity contribution in [2.24, 2.45) is 0 Å². The molecule has 1 N–H and O–H groups in total. The predicted octanol–water partition coefficient (Wildman–Crippen LogP) is 3.91. The van der Waals surface area contributed by atoms with Gasteiger partial charge in [0.05, 0.1) is 24.2 Å². The van der Waals surface area contributed by atoms with E-state index in [9.17, 15) is 4.79 Å². The molecule has 0 unspecified atom stereocenters. The maximum Gasteiger partial charge on any atom is 0.230 e. The lowest BCUT2D eigenvalue weighted by Crippen LogP contribution is -2.48. The summed E-state index contributed by atoms with van der Waals surface area (Å²) < 4.78 is 16.8. The summed E-state index contributed by atoms with van der Waals surface area (Å²) in [7, 11) is 0. The van der Waals surface area contributed by atoms with Crippen LogP contribution in [-0.2, 0) is 10.5 Å². The van der Waals surface area contributed by atoms with Crippen LogP contribution in [0.4, 0.5) is 0 Å². The Labute approximate surface area is 175 Å². The fourth-order valence-corrected chi connectivity index (χ4v) is 3.97. The van der Waals surface area contributed by atoms with Gasteiger partial charge in [0.15, 0.2) is 5.82 Å². The third-order valence-electron chi connectivity index (χ3n) is 4.67. The number of nitrogens with zero attached hydrogens (tertiary/aromatic N) is 2. The Morgan fingerprint density at radius 1 is 1.24 bits per heavy atom. The normalized spacial score (nSPS) is 19.0. The SMILES string of the molecule is CCCOc1ccc(O[C@@H]2CCCC[C@@H]2NC(=O)CSCc2noc(C)n2)cc1. The first-order valence-corrected chi connectivity index (χ1v) is 11.4. The van der Waals surface area contributed by atoms with Gasteiger partial charge in [0.1, 0.15) is 17.6 Å². The third-order valence-corrected chi connectivity index (χ3v) is 5.60.